The average Bonchev–Trinajstić information content (AvgIpc) is 3.39. The molecular weight excluding hydrogens is 458 g/mol. The Kier molecular flexibility index (Phi) is 6.22. The number of hydrogen-bond donors (Lipinski definition) is 0. The van der Waals surface area contributed by atoms with Gasteiger partial charge in [0.1, 0.15) is 11.5 Å². The number of aryl methyl sites for hydroxylation is 2. The van der Waals surface area contributed by atoms with E-state index in [0.29, 0.717) is 10.9 Å². The van der Waals surface area contributed by atoms with Crippen molar-refractivity contribution >= 4 is 29.4 Å². The van der Waals surface area contributed by atoms with Gasteiger partial charge in [-0.3, -0.25) is 9.29 Å². The minimum Gasteiger partial charge on any atom is -0.437 e. The van der Waals surface area contributed by atoms with Gasteiger partial charge in [-0.05, 0) is 55.8 Å². The van der Waals surface area contributed by atoms with E-state index in [4.69, 9.17) is 20.9 Å². The normalized spacial score (nSPS) is 16.3. The molecule has 7 nitrogen and oxygen atoms in total. The highest BCUT2D eigenvalue weighted by atomic mass is 35.5. The standard InChI is InChI=1S/C24H22ClN5O2S/c1-16-22(17(2)32-28-16)14-29-15-23(30(33-29)20-8-6-19(25)7-9-20)18-4-3-5-21(12-18)31-24-13-26-10-11-27-24/h3-13,23H,14-15H2,1-2H3/t23-/m1/s1. The van der Waals surface area contributed by atoms with E-state index in [1.165, 1.54) is 0 Å². The maximum Gasteiger partial charge on any atom is 0.237 e. The van der Waals surface area contributed by atoms with Crippen molar-refractivity contribution in [3.05, 3.63) is 94.7 Å². The number of aromatic nitrogens is 3. The quantitative estimate of drug-likeness (QED) is 0.305. The Hall–Kier alpha value is -3.07. The van der Waals surface area contributed by atoms with Crippen molar-refractivity contribution in [3.8, 4) is 11.6 Å². The van der Waals surface area contributed by atoms with E-state index in [1.54, 1.807) is 30.7 Å². The smallest absolute Gasteiger partial charge is 0.237 e. The van der Waals surface area contributed by atoms with E-state index < -0.39 is 0 Å². The van der Waals surface area contributed by atoms with Crippen LogP contribution in [-0.4, -0.2) is 26.0 Å². The van der Waals surface area contributed by atoms with Crippen LogP contribution in [-0.2, 0) is 6.54 Å². The molecule has 0 spiro atoms. The average molecular weight is 480 g/mol. The first-order valence-electron chi connectivity index (χ1n) is 10.5. The molecule has 1 aliphatic rings. The summed E-state index contributed by atoms with van der Waals surface area (Å²) in [7, 11) is 0. The fourth-order valence-electron chi connectivity index (χ4n) is 3.78. The minimum absolute atomic E-state index is 0.0991. The Balaban J connectivity index is 1.44. The van der Waals surface area contributed by atoms with E-state index in [-0.39, 0.29) is 6.04 Å². The molecule has 0 saturated carbocycles. The second-order valence-electron chi connectivity index (χ2n) is 7.74. The van der Waals surface area contributed by atoms with Crippen LogP contribution in [0.4, 0.5) is 5.69 Å². The second-order valence-corrected chi connectivity index (χ2v) is 9.25. The van der Waals surface area contributed by atoms with Crippen molar-refractivity contribution in [1.29, 1.82) is 0 Å². The van der Waals surface area contributed by atoms with E-state index in [9.17, 15) is 0 Å². The summed E-state index contributed by atoms with van der Waals surface area (Å²) in [6.45, 7) is 5.49. The van der Waals surface area contributed by atoms with Gasteiger partial charge in [0.2, 0.25) is 5.88 Å². The van der Waals surface area contributed by atoms with Crippen molar-refractivity contribution in [2.75, 3.05) is 10.8 Å². The summed E-state index contributed by atoms with van der Waals surface area (Å²) in [5.41, 5.74) is 4.27. The summed E-state index contributed by atoms with van der Waals surface area (Å²) in [6, 6.07) is 16.1. The van der Waals surface area contributed by atoms with E-state index in [1.807, 2.05) is 50.2 Å². The first-order valence-corrected chi connectivity index (χ1v) is 11.6. The molecule has 33 heavy (non-hydrogen) atoms. The number of benzene rings is 2. The Morgan fingerprint density at radius 3 is 2.73 bits per heavy atom. The van der Waals surface area contributed by atoms with E-state index >= 15 is 0 Å². The molecular formula is C24H22ClN5O2S. The van der Waals surface area contributed by atoms with Gasteiger partial charge in [-0.2, -0.15) is 0 Å². The number of ether oxygens (including phenoxy) is 1. The number of nitrogens with zero attached hydrogens (tertiary/aromatic N) is 5. The largest absolute Gasteiger partial charge is 0.437 e. The minimum atomic E-state index is 0.0991. The van der Waals surface area contributed by atoms with Crippen LogP contribution >= 0.6 is 23.7 Å². The highest BCUT2D eigenvalue weighted by Crippen LogP contribution is 2.44. The highest BCUT2D eigenvalue weighted by Gasteiger charge is 2.34. The summed E-state index contributed by atoms with van der Waals surface area (Å²) in [5, 5.41) is 4.82. The van der Waals surface area contributed by atoms with Crippen LogP contribution in [0.5, 0.6) is 11.6 Å². The molecule has 0 aliphatic carbocycles. The zero-order valence-corrected chi connectivity index (χ0v) is 19.8. The third kappa shape index (κ3) is 4.83. The van der Waals surface area contributed by atoms with Gasteiger partial charge in [-0.15, -0.1) is 0 Å². The second kappa shape index (κ2) is 9.43. The van der Waals surface area contributed by atoms with Crippen LogP contribution in [0.1, 0.15) is 28.6 Å². The molecule has 5 rings (SSSR count). The van der Waals surface area contributed by atoms with Crippen molar-refractivity contribution < 1.29 is 9.26 Å². The van der Waals surface area contributed by atoms with Gasteiger partial charge in [0.25, 0.3) is 0 Å². The first-order chi connectivity index (χ1) is 16.1. The molecule has 1 aliphatic heterocycles. The zero-order valence-electron chi connectivity index (χ0n) is 18.2. The van der Waals surface area contributed by atoms with Crippen LogP contribution < -0.4 is 9.04 Å². The molecule has 0 N–H and O–H groups in total. The third-order valence-corrected chi connectivity index (χ3v) is 6.87. The Labute approximate surface area is 201 Å². The van der Waals surface area contributed by atoms with Gasteiger partial charge in [0, 0.05) is 53.9 Å². The van der Waals surface area contributed by atoms with Crippen molar-refractivity contribution in [1.82, 2.24) is 19.4 Å². The molecule has 3 heterocycles. The van der Waals surface area contributed by atoms with Crippen molar-refractivity contribution in [2.24, 2.45) is 0 Å². The van der Waals surface area contributed by atoms with Crippen molar-refractivity contribution in [3.63, 3.8) is 0 Å². The predicted molar refractivity (Wildman–Crippen MR) is 129 cm³/mol. The lowest BCUT2D eigenvalue weighted by Gasteiger charge is -2.24. The summed E-state index contributed by atoms with van der Waals surface area (Å²) in [6.07, 6.45) is 4.83. The number of hydrogen-bond acceptors (Lipinski definition) is 8. The Bertz CT molecular complexity index is 1220. The van der Waals surface area contributed by atoms with Gasteiger partial charge in [-0.25, -0.2) is 9.29 Å². The number of rotatable bonds is 6. The molecule has 2 aromatic heterocycles. The SMILES string of the molecule is Cc1noc(C)c1CN1C[C@H](c2cccc(Oc3cnccn3)c2)N(c2ccc(Cl)cc2)S1. The molecule has 2 aromatic carbocycles. The lowest BCUT2D eigenvalue weighted by atomic mass is 10.1. The third-order valence-electron chi connectivity index (χ3n) is 5.46. The molecule has 0 radical (unpaired) electrons. The highest BCUT2D eigenvalue weighted by molar-refractivity contribution is 7.98. The van der Waals surface area contributed by atoms with Crippen LogP contribution in [0.25, 0.3) is 0 Å². The predicted octanol–water partition coefficient (Wildman–Crippen LogP) is 6.15. The summed E-state index contributed by atoms with van der Waals surface area (Å²) in [5.74, 6) is 2.04. The van der Waals surface area contributed by atoms with Crippen LogP contribution in [0.3, 0.4) is 0 Å². The van der Waals surface area contributed by atoms with Gasteiger partial charge < -0.3 is 9.26 Å². The van der Waals surface area contributed by atoms with E-state index in [0.717, 1.165) is 47.1 Å². The van der Waals surface area contributed by atoms with Crippen LogP contribution in [0.15, 0.2) is 71.6 Å². The molecule has 9 heteroatoms. The van der Waals surface area contributed by atoms with Gasteiger partial charge in [-0.1, -0.05) is 28.9 Å². The number of anilines is 1. The fraction of sp³-hybridized carbons (Fsp3) is 0.208. The fourth-order valence-corrected chi connectivity index (χ4v) is 5.07. The zero-order chi connectivity index (χ0) is 22.8. The summed E-state index contributed by atoms with van der Waals surface area (Å²) in [4.78, 5) is 8.28. The maximum absolute atomic E-state index is 6.15. The van der Waals surface area contributed by atoms with Crippen LogP contribution in [0, 0.1) is 13.8 Å². The maximum atomic E-state index is 6.15. The Morgan fingerprint density at radius 1 is 1.15 bits per heavy atom. The van der Waals surface area contributed by atoms with Crippen molar-refractivity contribution in [2.45, 2.75) is 26.4 Å². The monoisotopic (exact) mass is 479 g/mol. The molecule has 0 bridgehead atoms. The Morgan fingerprint density at radius 2 is 2.00 bits per heavy atom. The molecule has 1 saturated heterocycles. The molecule has 0 unspecified atom stereocenters. The molecule has 168 valence electrons. The molecule has 1 fully saturated rings. The lowest BCUT2D eigenvalue weighted by molar-refractivity contribution is 0.389. The van der Waals surface area contributed by atoms with E-state index in [2.05, 4.69) is 35.9 Å². The van der Waals surface area contributed by atoms with Gasteiger partial charge in [0.15, 0.2) is 0 Å². The molecule has 1 atom stereocenters. The van der Waals surface area contributed by atoms with Gasteiger partial charge >= 0.3 is 0 Å². The van der Waals surface area contributed by atoms with Crippen LogP contribution in [0.2, 0.25) is 5.02 Å². The molecule has 0 amide bonds. The molecule has 4 aromatic rings. The summed E-state index contributed by atoms with van der Waals surface area (Å²) < 4.78 is 15.9. The topological polar surface area (TPSA) is 67.5 Å². The number of halogens is 1. The summed E-state index contributed by atoms with van der Waals surface area (Å²) >= 11 is 7.84. The first kappa shape index (κ1) is 21.8. The van der Waals surface area contributed by atoms with Gasteiger partial charge in [0.05, 0.1) is 17.9 Å². The lowest BCUT2D eigenvalue weighted by Crippen LogP contribution is -2.19.